The first-order valence-corrected chi connectivity index (χ1v) is 7.93. The Morgan fingerprint density at radius 3 is 2.71 bits per heavy atom. The van der Waals surface area contributed by atoms with E-state index in [1.54, 1.807) is 11.8 Å². The van der Waals surface area contributed by atoms with Crippen LogP contribution in [0.15, 0.2) is 11.5 Å². The Bertz CT molecular complexity index is 280. The maximum absolute atomic E-state index is 11.1. The van der Waals surface area contributed by atoms with Crippen LogP contribution in [0.4, 0.5) is 0 Å². The van der Waals surface area contributed by atoms with Crippen molar-refractivity contribution < 1.29 is 8.42 Å². The second-order valence-corrected chi connectivity index (χ2v) is 6.91. The Morgan fingerprint density at radius 2 is 2.14 bits per heavy atom. The van der Waals surface area contributed by atoms with Crippen molar-refractivity contribution in [2.24, 2.45) is 0 Å². The molecule has 1 aliphatic heterocycles. The van der Waals surface area contributed by atoms with Gasteiger partial charge in [-0.2, -0.15) is 11.8 Å². The lowest BCUT2D eigenvalue weighted by Crippen LogP contribution is -2.07. The van der Waals surface area contributed by atoms with Crippen LogP contribution in [0.2, 0.25) is 0 Å². The largest absolute Gasteiger partial charge is 0.224 e. The molecule has 0 saturated heterocycles. The zero-order valence-electron chi connectivity index (χ0n) is 8.61. The summed E-state index contributed by atoms with van der Waals surface area (Å²) in [6.45, 7) is 2.19. The van der Waals surface area contributed by atoms with Crippen LogP contribution in [-0.2, 0) is 9.84 Å². The highest BCUT2D eigenvalue weighted by atomic mass is 32.2. The smallest absolute Gasteiger partial charge is 0.172 e. The third-order valence-corrected chi connectivity index (χ3v) is 5.11. The molecular formula is C10H18O2S2. The first-order valence-electron chi connectivity index (χ1n) is 5.16. The van der Waals surface area contributed by atoms with Gasteiger partial charge in [0.2, 0.25) is 0 Å². The average Bonchev–Trinajstić information content (AvgIpc) is 2.45. The van der Waals surface area contributed by atoms with Gasteiger partial charge in [0, 0.05) is 10.7 Å². The van der Waals surface area contributed by atoms with Crippen molar-refractivity contribution in [2.45, 2.75) is 37.9 Å². The molecule has 0 aromatic rings. The molecule has 0 amide bonds. The fraction of sp³-hybridized carbons (Fsp3) is 0.800. The Labute approximate surface area is 91.1 Å². The minimum absolute atomic E-state index is 0.210. The van der Waals surface area contributed by atoms with E-state index >= 15 is 0 Å². The van der Waals surface area contributed by atoms with Crippen LogP contribution in [0.3, 0.4) is 0 Å². The zero-order chi connectivity index (χ0) is 10.4. The van der Waals surface area contributed by atoms with Crippen molar-refractivity contribution in [1.82, 2.24) is 0 Å². The molecule has 0 saturated carbocycles. The molecule has 1 heterocycles. The summed E-state index contributed by atoms with van der Waals surface area (Å²) in [5.74, 6) is 1.40. The van der Waals surface area contributed by atoms with Gasteiger partial charge in [0.25, 0.3) is 0 Å². The minimum atomic E-state index is -2.84. The molecule has 1 aliphatic rings. The molecule has 0 bridgehead atoms. The summed E-state index contributed by atoms with van der Waals surface area (Å²) in [6.07, 6.45) is 6.84. The summed E-state index contributed by atoms with van der Waals surface area (Å²) in [5.41, 5.74) is 0. The predicted octanol–water partition coefficient (Wildman–Crippen LogP) is 2.61. The molecule has 1 atom stereocenters. The van der Waals surface area contributed by atoms with E-state index < -0.39 is 9.84 Å². The Kier molecular flexibility index (Phi) is 5.02. The number of rotatable bonds is 6. The average molecular weight is 234 g/mol. The molecule has 2 nitrogen and oxygen atoms in total. The van der Waals surface area contributed by atoms with Crippen LogP contribution in [0.5, 0.6) is 0 Å². The van der Waals surface area contributed by atoms with Gasteiger partial charge in [0.05, 0.1) is 5.75 Å². The third-order valence-electron chi connectivity index (χ3n) is 2.23. The van der Waals surface area contributed by atoms with Crippen molar-refractivity contribution in [2.75, 3.05) is 11.5 Å². The van der Waals surface area contributed by atoms with Crippen LogP contribution >= 0.6 is 11.8 Å². The van der Waals surface area contributed by atoms with Gasteiger partial charge in [-0.3, -0.25) is 0 Å². The number of hydrogen-bond acceptors (Lipinski definition) is 3. The highest BCUT2D eigenvalue weighted by molar-refractivity contribution is 8.02. The number of thioether (sulfide) groups is 1. The molecule has 14 heavy (non-hydrogen) atoms. The van der Waals surface area contributed by atoms with Crippen molar-refractivity contribution in [3.8, 4) is 0 Å². The quantitative estimate of drug-likeness (QED) is 0.663. The van der Waals surface area contributed by atoms with Crippen molar-refractivity contribution in [3.05, 3.63) is 11.5 Å². The molecule has 0 radical (unpaired) electrons. The molecule has 1 rings (SSSR count). The van der Waals surface area contributed by atoms with Gasteiger partial charge in [0.15, 0.2) is 9.84 Å². The molecule has 0 aromatic carbocycles. The molecule has 0 aliphatic carbocycles. The SMILES string of the molecule is CCCCCCSC1C=CS(=O)(=O)C1. The van der Waals surface area contributed by atoms with Crippen LogP contribution in [0.1, 0.15) is 32.6 Å². The van der Waals surface area contributed by atoms with Crippen LogP contribution in [-0.4, -0.2) is 25.2 Å². The molecule has 0 spiro atoms. The standard InChI is InChI=1S/C10H18O2S2/c1-2-3-4-5-7-13-10-6-8-14(11,12)9-10/h6,8,10H,2-5,7,9H2,1H3. The minimum Gasteiger partial charge on any atom is -0.224 e. The predicted molar refractivity (Wildman–Crippen MR) is 63.3 cm³/mol. The summed E-state index contributed by atoms with van der Waals surface area (Å²) >= 11 is 1.77. The third kappa shape index (κ3) is 4.51. The normalized spacial score (nSPS) is 24.2. The molecule has 0 aromatic heterocycles. The van der Waals surface area contributed by atoms with Gasteiger partial charge in [0.1, 0.15) is 0 Å². The molecule has 0 fully saturated rings. The second kappa shape index (κ2) is 5.81. The summed E-state index contributed by atoms with van der Waals surface area (Å²) < 4.78 is 22.2. The van der Waals surface area contributed by atoms with Crippen molar-refractivity contribution in [1.29, 1.82) is 0 Å². The molecule has 1 unspecified atom stereocenters. The molecule has 0 N–H and O–H groups in total. The lowest BCUT2D eigenvalue weighted by atomic mass is 10.2. The summed E-state index contributed by atoms with van der Waals surface area (Å²) in [7, 11) is -2.84. The van der Waals surface area contributed by atoms with Crippen molar-refractivity contribution in [3.63, 3.8) is 0 Å². The topological polar surface area (TPSA) is 34.1 Å². The summed E-state index contributed by atoms with van der Waals surface area (Å²) in [6, 6.07) is 0. The number of hydrogen-bond donors (Lipinski definition) is 0. The highest BCUT2D eigenvalue weighted by Crippen LogP contribution is 2.22. The van der Waals surface area contributed by atoms with Gasteiger partial charge < -0.3 is 0 Å². The van der Waals surface area contributed by atoms with Crippen LogP contribution < -0.4 is 0 Å². The maximum atomic E-state index is 11.1. The molecule has 4 heteroatoms. The van der Waals surface area contributed by atoms with E-state index in [9.17, 15) is 8.42 Å². The van der Waals surface area contributed by atoms with Gasteiger partial charge in [-0.05, 0) is 12.2 Å². The second-order valence-electron chi connectivity index (χ2n) is 3.63. The van der Waals surface area contributed by atoms with E-state index in [-0.39, 0.29) is 5.25 Å². The maximum Gasteiger partial charge on any atom is 0.172 e. The Morgan fingerprint density at radius 1 is 1.36 bits per heavy atom. The van der Waals surface area contributed by atoms with Crippen LogP contribution in [0.25, 0.3) is 0 Å². The lowest BCUT2D eigenvalue weighted by molar-refractivity contribution is 0.606. The Hall–Kier alpha value is 0.0400. The summed E-state index contributed by atoms with van der Waals surface area (Å²) in [4.78, 5) is 0. The number of unbranched alkanes of at least 4 members (excludes halogenated alkanes) is 3. The first-order chi connectivity index (χ1) is 6.64. The number of sulfone groups is 1. The van der Waals surface area contributed by atoms with E-state index in [0.717, 1.165) is 5.75 Å². The van der Waals surface area contributed by atoms with E-state index in [4.69, 9.17) is 0 Å². The fourth-order valence-corrected chi connectivity index (χ4v) is 4.44. The fourth-order valence-electron chi connectivity index (χ4n) is 1.41. The van der Waals surface area contributed by atoms with E-state index in [2.05, 4.69) is 6.92 Å². The molecule has 82 valence electrons. The van der Waals surface area contributed by atoms with Gasteiger partial charge in [-0.1, -0.05) is 32.3 Å². The van der Waals surface area contributed by atoms with Gasteiger partial charge >= 0.3 is 0 Å². The Balaban J connectivity index is 2.07. The molecular weight excluding hydrogens is 216 g/mol. The lowest BCUT2D eigenvalue weighted by Gasteiger charge is -2.05. The zero-order valence-corrected chi connectivity index (χ0v) is 10.2. The van der Waals surface area contributed by atoms with Crippen LogP contribution in [0, 0.1) is 0 Å². The van der Waals surface area contributed by atoms with E-state index in [1.165, 1.54) is 31.1 Å². The van der Waals surface area contributed by atoms with Gasteiger partial charge in [-0.15, -0.1) is 0 Å². The van der Waals surface area contributed by atoms with E-state index in [1.807, 2.05) is 6.08 Å². The van der Waals surface area contributed by atoms with Crippen molar-refractivity contribution >= 4 is 21.6 Å². The monoisotopic (exact) mass is 234 g/mol. The highest BCUT2D eigenvalue weighted by Gasteiger charge is 2.21. The van der Waals surface area contributed by atoms with Gasteiger partial charge in [-0.25, -0.2) is 8.42 Å². The van der Waals surface area contributed by atoms with E-state index in [0.29, 0.717) is 5.75 Å². The summed E-state index contributed by atoms with van der Waals surface area (Å²) in [5, 5.41) is 1.57. The first kappa shape index (κ1) is 12.1.